The molecule has 198 valence electrons. The number of carbonyl (C=O) groups excluding carboxylic acids is 2. The van der Waals surface area contributed by atoms with Crippen molar-refractivity contribution in [1.82, 2.24) is 14.9 Å². The Morgan fingerprint density at radius 1 is 0.895 bits per heavy atom. The van der Waals surface area contributed by atoms with Crippen LogP contribution in [0.15, 0.2) is 60.8 Å². The lowest BCUT2D eigenvalue weighted by molar-refractivity contribution is 0.0600. The SMILES string of the molecule is COC(=O)c1ccc(NC(=O)N2CCN(c3ccnc(Nc4ccccc4N4CCOCC4)n3)CC2)cc1. The number of hydrogen-bond donors (Lipinski definition) is 2. The molecule has 2 aliphatic rings. The van der Waals surface area contributed by atoms with E-state index in [-0.39, 0.29) is 6.03 Å². The normalized spacial score (nSPS) is 15.7. The molecule has 3 heterocycles. The molecule has 2 aliphatic heterocycles. The summed E-state index contributed by atoms with van der Waals surface area (Å²) >= 11 is 0. The number of aromatic nitrogens is 2. The number of anilines is 5. The Morgan fingerprint density at radius 3 is 2.37 bits per heavy atom. The number of nitrogens with zero attached hydrogens (tertiary/aromatic N) is 5. The predicted octanol–water partition coefficient (Wildman–Crippen LogP) is 3.20. The highest BCUT2D eigenvalue weighted by Gasteiger charge is 2.23. The summed E-state index contributed by atoms with van der Waals surface area (Å²) in [6.45, 7) is 5.52. The minimum atomic E-state index is -0.414. The smallest absolute Gasteiger partial charge is 0.337 e. The van der Waals surface area contributed by atoms with Crippen molar-refractivity contribution in [2.75, 3.05) is 80.0 Å². The second-order valence-corrected chi connectivity index (χ2v) is 8.95. The minimum absolute atomic E-state index is 0.180. The molecule has 1 aromatic heterocycles. The molecule has 0 aliphatic carbocycles. The Hall–Kier alpha value is -4.38. The van der Waals surface area contributed by atoms with Gasteiger partial charge in [-0.15, -0.1) is 0 Å². The third kappa shape index (κ3) is 5.94. The molecule has 0 radical (unpaired) electrons. The molecule has 0 spiro atoms. The maximum atomic E-state index is 12.8. The van der Waals surface area contributed by atoms with Crippen molar-refractivity contribution in [1.29, 1.82) is 0 Å². The Bertz CT molecular complexity index is 1260. The molecular formula is C27H31N7O4. The van der Waals surface area contributed by atoms with Gasteiger partial charge in [-0.25, -0.2) is 14.6 Å². The second kappa shape index (κ2) is 11.8. The van der Waals surface area contributed by atoms with Crippen LogP contribution in [-0.2, 0) is 9.47 Å². The number of morpholine rings is 1. The lowest BCUT2D eigenvalue weighted by atomic mass is 10.2. The molecule has 2 saturated heterocycles. The van der Waals surface area contributed by atoms with Gasteiger partial charge in [0.1, 0.15) is 5.82 Å². The van der Waals surface area contributed by atoms with Crippen molar-refractivity contribution in [2.24, 2.45) is 0 Å². The van der Waals surface area contributed by atoms with Gasteiger partial charge in [-0.1, -0.05) is 12.1 Å². The first-order valence-electron chi connectivity index (χ1n) is 12.6. The van der Waals surface area contributed by atoms with Crippen LogP contribution in [0.5, 0.6) is 0 Å². The van der Waals surface area contributed by atoms with E-state index in [2.05, 4.69) is 31.5 Å². The van der Waals surface area contributed by atoms with Gasteiger partial charge in [0.25, 0.3) is 0 Å². The van der Waals surface area contributed by atoms with E-state index in [0.717, 1.165) is 30.3 Å². The zero-order valence-electron chi connectivity index (χ0n) is 21.3. The molecule has 11 heteroatoms. The number of nitrogens with one attached hydrogen (secondary N) is 2. The fraction of sp³-hybridized carbons (Fsp3) is 0.333. The van der Waals surface area contributed by atoms with Gasteiger partial charge >= 0.3 is 12.0 Å². The number of esters is 1. The molecule has 0 saturated carbocycles. The molecule has 2 N–H and O–H groups in total. The maximum absolute atomic E-state index is 12.8. The average Bonchev–Trinajstić information content (AvgIpc) is 2.98. The highest BCUT2D eigenvalue weighted by Crippen LogP contribution is 2.28. The van der Waals surface area contributed by atoms with E-state index in [1.54, 1.807) is 35.4 Å². The summed E-state index contributed by atoms with van der Waals surface area (Å²) in [5.74, 6) is 0.923. The average molecular weight is 518 g/mol. The molecule has 11 nitrogen and oxygen atoms in total. The van der Waals surface area contributed by atoms with Crippen LogP contribution in [0.4, 0.5) is 33.6 Å². The molecule has 2 aromatic carbocycles. The summed E-state index contributed by atoms with van der Waals surface area (Å²) < 4.78 is 10.2. The van der Waals surface area contributed by atoms with Gasteiger partial charge in [0.2, 0.25) is 5.95 Å². The molecule has 3 aromatic rings. The molecule has 0 bridgehead atoms. The van der Waals surface area contributed by atoms with E-state index in [9.17, 15) is 9.59 Å². The summed E-state index contributed by atoms with van der Waals surface area (Å²) in [5, 5.41) is 6.27. The van der Waals surface area contributed by atoms with Crippen LogP contribution in [0.2, 0.25) is 0 Å². The first kappa shape index (κ1) is 25.3. The predicted molar refractivity (Wildman–Crippen MR) is 145 cm³/mol. The van der Waals surface area contributed by atoms with Gasteiger partial charge in [0, 0.05) is 51.2 Å². The van der Waals surface area contributed by atoms with Gasteiger partial charge in [-0.2, -0.15) is 4.98 Å². The molecular weight excluding hydrogens is 486 g/mol. The number of methoxy groups -OCH3 is 1. The number of benzene rings is 2. The van der Waals surface area contributed by atoms with Crippen molar-refractivity contribution in [2.45, 2.75) is 0 Å². The van der Waals surface area contributed by atoms with E-state index >= 15 is 0 Å². The number of urea groups is 1. The number of rotatable bonds is 6. The Kier molecular flexibility index (Phi) is 7.84. The Balaban J connectivity index is 1.18. The van der Waals surface area contributed by atoms with Crippen molar-refractivity contribution < 1.29 is 19.1 Å². The van der Waals surface area contributed by atoms with E-state index in [1.807, 2.05) is 24.3 Å². The van der Waals surface area contributed by atoms with Crippen molar-refractivity contribution >= 4 is 40.8 Å². The number of para-hydroxylation sites is 2. The van der Waals surface area contributed by atoms with E-state index < -0.39 is 5.97 Å². The first-order chi connectivity index (χ1) is 18.6. The number of hydrogen-bond acceptors (Lipinski definition) is 9. The number of ether oxygens (including phenoxy) is 2. The lowest BCUT2D eigenvalue weighted by Crippen LogP contribution is -2.50. The third-order valence-electron chi connectivity index (χ3n) is 6.59. The molecule has 0 unspecified atom stereocenters. The fourth-order valence-electron chi connectivity index (χ4n) is 4.51. The molecule has 2 fully saturated rings. The van der Waals surface area contributed by atoms with Crippen LogP contribution in [0.25, 0.3) is 0 Å². The quantitative estimate of drug-likeness (QED) is 0.476. The first-order valence-corrected chi connectivity index (χ1v) is 12.6. The van der Waals surface area contributed by atoms with Crippen LogP contribution < -0.4 is 20.4 Å². The molecule has 38 heavy (non-hydrogen) atoms. The molecule has 0 atom stereocenters. The second-order valence-electron chi connectivity index (χ2n) is 8.95. The summed E-state index contributed by atoms with van der Waals surface area (Å²) in [6.07, 6.45) is 1.75. The zero-order chi connectivity index (χ0) is 26.3. The maximum Gasteiger partial charge on any atom is 0.337 e. The summed E-state index contributed by atoms with van der Waals surface area (Å²) in [4.78, 5) is 39.8. The van der Waals surface area contributed by atoms with Gasteiger partial charge in [-0.05, 0) is 42.5 Å². The van der Waals surface area contributed by atoms with Crippen LogP contribution in [-0.4, -0.2) is 86.5 Å². The highest BCUT2D eigenvalue weighted by molar-refractivity contribution is 5.92. The van der Waals surface area contributed by atoms with Crippen LogP contribution in [0, 0.1) is 0 Å². The highest BCUT2D eigenvalue weighted by atomic mass is 16.5. The van der Waals surface area contributed by atoms with Crippen LogP contribution >= 0.6 is 0 Å². The minimum Gasteiger partial charge on any atom is -0.465 e. The summed E-state index contributed by atoms with van der Waals surface area (Å²) in [6, 6.07) is 16.5. The molecule has 2 amide bonds. The Morgan fingerprint density at radius 2 is 1.63 bits per heavy atom. The zero-order valence-corrected chi connectivity index (χ0v) is 21.3. The Labute approximate surface area is 221 Å². The lowest BCUT2D eigenvalue weighted by Gasteiger charge is -2.35. The van der Waals surface area contributed by atoms with E-state index in [4.69, 9.17) is 14.5 Å². The van der Waals surface area contributed by atoms with E-state index in [1.165, 1.54) is 7.11 Å². The summed E-state index contributed by atoms with van der Waals surface area (Å²) in [5.41, 5.74) is 3.10. The van der Waals surface area contributed by atoms with E-state index in [0.29, 0.717) is 56.6 Å². The molecule has 5 rings (SSSR count). The van der Waals surface area contributed by atoms with Crippen molar-refractivity contribution in [3.8, 4) is 0 Å². The number of carbonyl (C=O) groups is 2. The van der Waals surface area contributed by atoms with Crippen LogP contribution in [0.1, 0.15) is 10.4 Å². The standard InChI is InChI=1S/C27H31N7O4/c1-37-25(35)20-6-8-21(9-7-20)29-27(36)34-14-12-33(13-15-34)24-10-11-28-26(31-24)30-22-4-2-3-5-23(22)32-16-18-38-19-17-32/h2-11H,12-19H2,1H3,(H,29,36)(H,28,30,31). The van der Waals surface area contributed by atoms with Crippen molar-refractivity contribution in [3.63, 3.8) is 0 Å². The monoisotopic (exact) mass is 517 g/mol. The fourth-order valence-corrected chi connectivity index (χ4v) is 4.51. The number of piperazine rings is 1. The van der Waals surface area contributed by atoms with Gasteiger partial charge < -0.3 is 34.8 Å². The van der Waals surface area contributed by atoms with Gasteiger partial charge in [0.15, 0.2) is 0 Å². The van der Waals surface area contributed by atoms with Gasteiger partial charge in [0.05, 0.1) is 37.3 Å². The van der Waals surface area contributed by atoms with Crippen molar-refractivity contribution in [3.05, 3.63) is 66.4 Å². The third-order valence-corrected chi connectivity index (χ3v) is 6.59. The van der Waals surface area contributed by atoms with Crippen LogP contribution in [0.3, 0.4) is 0 Å². The topological polar surface area (TPSA) is 112 Å². The summed E-state index contributed by atoms with van der Waals surface area (Å²) in [7, 11) is 1.34. The van der Waals surface area contributed by atoms with Gasteiger partial charge in [-0.3, -0.25) is 0 Å². The largest absolute Gasteiger partial charge is 0.465 e. The number of amides is 2.